The lowest BCUT2D eigenvalue weighted by Crippen LogP contribution is -2.52. The Morgan fingerprint density at radius 1 is 0.857 bits per heavy atom. The second-order valence-electron chi connectivity index (χ2n) is 8.49. The van der Waals surface area contributed by atoms with Crippen LogP contribution in [-0.2, 0) is 30.9 Å². The molecule has 0 fully saturated rings. The van der Waals surface area contributed by atoms with Gasteiger partial charge in [0.2, 0.25) is 5.91 Å². The number of nitrogens with one attached hydrogen (secondary N) is 1. The highest BCUT2D eigenvalue weighted by atomic mass is 16.5. The number of para-hydroxylation sites is 1. The number of hydrogen-bond donors (Lipinski definition) is 1. The Bertz CT molecular complexity index is 1300. The number of carbonyl (C=O) groups is 2. The summed E-state index contributed by atoms with van der Waals surface area (Å²) in [7, 11) is 0. The number of ether oxygens (including phenoxy) is 1. The summed E-state index contributed by atoms with van der Waals surface area (Å²) in [6, 6.07) is 28.1. The topological polar surface area (TPSA) is 71.8 Å². The van der Waals surface area contributed by atoms with Gasteiger partial charge < -0.3 is 19.4 Å². The first-order chi connectivity index (χ1) is 17.2. The third kappa shape index (κ3) is 5.11. The van der Waals surface area contributed by atoms with Crippen LogP contribution in [0.1, 0.15) is 32.8 Å². The first-order valence-corrected chi connectivity index (χ1v) is 11.6. The molecule has 176 valence electrons. The third-order valence-corrected chi connectivity index (χ3v) is 6.25. The molecule has 2 heterocycles. The fraction of sp³-hybridized carbons (Fsp3) is 0.172. The van der Waals surface area contributed by atoms with Gasteiger partial charge in [-0.1, -0.05) is 66.7 Å². The van der Waals surface area contributed by atoms with Crippen molar-refractivity contribution in [2.75, 3.05) is 0 Å². The molecule has 0 saturated carbocycles. The van der Waals surface area contributed by atoms with Crippen LogP contribution in [0.15, 0.2) is 102 Å². The van der Waals surface area contributed by atoms with Gasteiger partial charge in [-0.05, 0) is 46.5 Å². The number of benzene rings is 3. The first kappa shape index (κ1) is 22.5. The van der Waals surface area contributed by atoms with Crippen LogP contribution >= 0.6 is 0 Å². The summed E-state index contributed by atoms with van der Waals surface area (Å²) < 4.78 is 11.2. The second kappa shape index (κ2) is 10.3. The highest BCUT2D eigenvalue weighted by Gasteiger charge is 2.35. The summed E-state index contributed by atoms with van der Waals surface area (Å²) in [5, 5.41) is 3.05. The van der Waals surface area contributed by atoms with Crippen molar-refractivity contribution < 1.29 is 18.7 Å². The molecule has 1 atom stereocenters. The van der Waals surface area contributed by atoms with Crippen molar-refractivity contribution in [3.8, 4) is 5.75 Å². The number of amides is 2. The van der Waals surface area contributed by atoms with E-state index in [-0.39, 0.29) is 17.6 Å². The lowest BCUT2D eigenvalue weighted by Gasteiger charge is -2.35. The van der Waals surface area contributed by atoms with E-state index in [0.717, 1.165) is 28.0 Å². The molecule has 0 bridgehead atoms. The van der Waals surface area contributed by atoms with Crippen molar-refractivity contribution in [1.29, 1.82) is 0 Å². The maximum atomic E-state index is 13.4. The maximum Gasteiger partial charge on any atom is 0.290 e. The van der Waals surface area contributed by atoms with Gasteiger partial charge >= 0.3 is 0 Å². The van der Waals surface area contributed by atoms with Crippen LogP contribution < -0.4 is 10.1 Å². The molecule has 5 rings (SSSR count). The minimum absolute atomic E-state index is 0.196. The Morgan fingerprint density at radius 3 is 2.34 bits per heavy atom. The molecule has 4 aromatic rings. The zero-order valence-corrected chi connectivity index (χ0v) is 19.2. The summed E-state index contributed by atoms with van der Waals surface area (Å²) in [5.74, 6) is 0.532. The van der Waals surface area contributed by atoms with Gasteiger partial charge in [-0.25, -0.2) is 0 Å². The Morgan fingerprint density at radius 2 is 1.57 bits per heavy atom. The summed E-state index contributed by atoms with van der Waals surface area (Å²) in [4.78, 5) is 28.2. The van der Waals surface area contributed by atoms with E-state index < -0.39 is 6.04 Å². The predicted molar refractivity (Wildman–Crippen MR) is 132 cm³/mol. The lowest BCUT2D eigenvalue weighted by molar-refractivity contribution is -0.126. The van der Waals surface area contributed by atoms with E-state index in [1.807, 2.05) is 78.9 Å². The number of carbonyl (C=O) groups excluding carboxylic acids is 2. The molecular weight excluding hydrogens is 440 g/mol. The van der Waals surface area contributed by atoms with E-state index in [9.17, 15) is 9.59 Å². The quantitative estimate of drug-likeness (QED) is 0.427. The lowest BCUT2D eigenvalue weighted by atomic mass is 9.93. The van der Waals surface area contributed by atoms with Crippen LogP contribution in [0.2, 0.25) is 0 Å². The third-order valence-electron chi connectivity index (χ3n) is 6.25. The summed E-state index contributed by atoms with van der Waals surface area (Å²) in [5.41, 5.74) is 4.08. The largest absolute Gasteiger partial charge is 0.489 e. The van der Waals surface area contributed by atoms with Crippen molar-refractivity contribution in [1.82, 2.24) is 10.2 Å². The Balaban J connectivity index is 1.31. The molecule has 1 unspecified atom stereocenters. The molecule has 6 nitrogen and oxygen atoms in total. The molecule has 6 heteroatoms. The van der Waals surface area contributed by atoms with Gasteiger partial charge in [0, 0.05) is 19.5 Å². The van der Waals surface area contributed by atoms with E-state index in [1.54, 1.807) is 17.0 Å². The second-order valence-corrected chi connectivity index (χ2v) is 8.49. The molecule has 0 spiro atoms. The molecule has 1 aromatic heterocycles. The number of hydrogen-bond acceptors (Lipinski definition) is 4. The Labute approximate surface area is 204 Å². The van der Waals surface area contributed by atoms with Crippen LogP contribution in [0.4, 0.5) is 0 Å². The molecule has 2 amide bonds. The molecule has 0 saturated heterocycles. The van der Waals surface area contributed by atoms with Crippen LogP contribution in [0.5, 0.6) is 5.75 Å². The van der Waals surface area contributed by atoms with Crippen LogP contribution in [0, 0.1) is 0 Å². The van der Waals surface area contributed by atoms with Gasteiger partial charge in [-0.2, -0.15) is 0 Å². The predicted octanol–water partition coefficient (Wildman–Crippen LogP) is 4.74. The summed E-state index contributed by atoms with van der Waals surface area (Å²) in [6.07, 6.45) is 1.92. The number of furan rings is 1. The zero-order valence-electron chi connectivity index (χ0n) is 19.2. The van der Waals surface area contributed by atoms with Crippen molar-refractivity contribution >= 4 is 11.8 Å². The van der Waals surface area contributed by atoms with Gasteiger partial charge in [0.05, 0.1) is 6.26 Å². The SMILES string of the molecule is O=C(NCc1ccccc1COc1ccccc1)C1Cc2ccccc2CN1C(=O)c1ccco1. The average molecular weight is 467 g/mol. The Hall–Kier alpha value is -4.32. The fourth-order valence-corrected chi connectivity index (χ4v) is 4.36. The van der Waals surface area contributed by atoms with Crippen LogP contribution in [-0.4, -0.2) is 22.8 Å². The van der Waals surface area contributed by atoms with Gasteiger partial charge in [0.25, 0.3) is 5.91 Å². The molecule has 0 aliphatic carbocycles. The van der Waals surface area contributed by atoms with Crippen molar-refractivity contribution in [3.05, 3.63) is 125 Å². The van der Waals surface area contributed by atoms with Crippen molar-refractivity contribution in [3.63, 3.8) is 0 Å². The minimum atomic E-state index is -0.629. The van der Waals surface area contributed by atoms with E-state index in [2.05, 4.69) is 5.32 Å². The van der Waals surface area contributed by atoms with Crippen molar-refractivity contribution in [2.45, 2.75) is 32.2 Å². The molecule has 1 aliphatic rings. The highest BCUT2D eigenvalue weighted by molar-refractivity contribution is 5.96. The number of fused-ring (bicyclic) bond motifs is 1. The molecule has 1 aliphatic heterocycles. The van der Waals surface area contributed by atoms with E-state index in [0.29, 0.717) is 26.1 Å². The molecule has 1 N–H and O–H groups in total. The van der Waals surface area contributed by atoms with Gasteiger partial charge in [-0.15, -0.1) is 0 Å². The average Bonchev–Trinajstić information content (AvgIpc) is 3.45. The van der Waals surface area contributed by atoms with E-state index >= 15 is 0 Å². The summed E-state index contributed by atoms with van der Waals surface area (Å²) >= 11 is 0. The minimum Gasteiger partial charge on any atom is -0.489 e. The maximum absolute atomic E-state index is 13.4. The van der Waals surface area contributed by atoms with Crippen LogP contribution in [0.25, 0.3) is 0 Å². The molecule has 0 radical (unpaired) electrons. The fourth-order valence-electron chi connectivity index (χ4n) is 4.36. The highest BCUT2D eigenvalue weighted by Crippen LogP contribution is 2.25. The normalized spacial score (nSPS) is 14.7. The van der Waals surface area contributed by atoms with Crippen molar-refractivity contribution in [2.24, 2.45) is 0 Å². The molecule has 35 heavy (non-hydrogen) atoms. The number of nitrogens with zero attached hydrogens (tertiary/aromatic N) is 1. The molecular formula is C29H26N2O4. The standard InChI is InChI=1S/C29H26N2O4/c32-28(30-18-22-10-5-7-12-24(22)20-35-25-13-2-1-3-14-25)26-17-21-9-4-6-11-23(21)19-31(26)29(33)27-15-8-16-34-27/h1-16,26H,17-20H2,(H,30,32). The zero-order chi connectivity index (χ0) is 24.0. The monoisotopic (exact) mass is 466 g/mol. The van der Waals surface area contributed by atoms with Crippen LogP contribution in [0.3, 0.4) is 0 Å². The van der Waals surface area contributed by atoms with Gasteiger partial charge in [-0.3, -0.25) is 9.59 Å². The molecule has 3 aromatic carbocycles. The first-order valence-electron chi connectivity index (χ1n) is 11.6. The smallest absolute Gasteiger partial charge is 0.290 e. The number of rotatable bonds is 7. The van der Waals surface area contributed by atoms with E-state index in [1.165, 1.54) is 6.26 Å². The van der Waals surface area contributed by atoms with Gasteiger partial charge in [0.15, 0.2) is 5.76 Å². The van der Waals surface area contributed by atoms with Gasteiger partial charge in [0.1, 0.15) is 18.4 Å². The summed E-state index contributed by atoms with van der Waals surface area (Å²) in [6.45, 7) is 1.10. The Kier molecular flexibility index (Phi) is 6.61. The van der Waals surface area contributed by atoms with E-state index in [4.69, 9.17) is 9.15 Å².